The Labute approximate surface area is 133 Å². The number of hydrogen-bond acceptors (Lipinski definition) is 3. The number of carbonyl (C=O) groups excluding carboxylic acids is 1. The van der Waals surface area contributed by atoms with Crippen LogP contribution in [-0.4, -0.2) is 15.9 Å². The third-order valence-electron chi connectivity index (χ3n) is 3.34. The lowest BCUT2D eigenvalue weighted by atomic mass is 10.2. The predicted molar refractivity (Wildman–Crippen MR) is 86.6 cm³/mol. The van der Waals surface area contributed by atoms with Crippen molar-refractivity contribution in [2.75, 3.05) is 5.32 Å². The Morgan fingerprint density at radius 2 is 1.87 bits per heavy atom. The molecule has 0 bridgehead atoms. The first-order valence-corrected chi connectivity index (χ1v) is 7.09. The summed E-state index contributed by atoms with van der Waals surface area (Å²) in [5, 5.41) is 2.64. The quantitative estimate of drug-likeness (QED) is 0.799. The minimum atomic E-state index is -0.407. The van der Waals surface area contributed by atoms with Gasteiger partial charge in [0.05, 0.1) is 11.3 Å². The van der Waals surface area contributed by atoms with E-state index in [2.05, 4.69) is 15.3 Å². The summed E-state index contributed by atoms with van der Waals surface area (Å²) in [7, 11) is 0. The molecule has 2 aromatic carbocycles. The molecule has 1 amide bonds. The molecule has 23 heavy (non-hydrogen) atoms. The number of nitrogens with zero attached hydrogens (tertiary/aromatic N) is 2. The predicted octanol–water partition coefficient (Wildman–Crippen LogP) is 3.84. The van der Waals surface area contributed by atoms with Gasteiger partial charge in [-0.25, -0.2) is 14.4 Å². The van der Waals surface area contributed by atoms with Gasteiger partial charge in [0.2, 0.25) is 0 Å². The van der Waals surface area contributed by atoms with Crippen LogP contribution in [0.2, 0.25) is 0 Å². The molecule has 5 heteroatoms. The van der Waals surface area contributed by atoms with E-state index >= 15 is 0 Å². The van der Waals surface area contributed by atoms with Gasteiger partial charge in [-0.3, -0.25) is 4.79 Å². The number of aromatic nitrogens is 2. The van der Waals surface area contributed by atoms with Gasteiger partial charge in [-0.1, -0.05) is 36.4 Å². The number of halogens is 1. The van der Waals surface area contributed by atoms with E-state index in [0.29, 0.717) is 22.8 Å². The van der Waals surface area contributed by atoms with Crippen molar-refractivity contribution in [3.05, 3.63) is 77.9 Å². The second-order valence-electron chi connectivity index (χ2n) is 5.02. The summed E-state index contributed by atoms with van der Waals surface area (Å²) >= 11 is 0. The molecule has 4 nitrogen and oxygen atoms in total. The molecule has 0 aliphatic carbocycles. The first kappa shape index (κ1) is 14.8. The van der Waals surface area contributed by atoms with Crippen molar-refractivity contribution in [2.45, 2.75) is 6.92 Å². The topological polar surface area (TPSA) is 54.9 Å². The molecule has 0 spiro atoms. The Hall–Kier alpha value is -3.08. The Morgan fingerprint density at radius 3 is 2.57 bits per heavy atom. The maximum Gasteiger partial charge on any atom is 0.259 e. The van der Waals surface area contributed by atoms with E-state index in [4.69, 9.17) is 0 Å². The van der Waals surface area contributed by atoms with Crippen LogP contribution in [-0.2, 0) is 0 Å². The van der Waals surface area contributed by atoms with Gasteiger partial charge in [-0.05, 0) is 25.1 Å². The Morgan fingerprint density at radius 1 is 1.09 bits per heavy atom. The normalized spacial score (nSPS) is 10.3. The molecule has 114 valence electrons. The number of nitrogens with one attached hydrogen (secondary N) is 1. The van der Waals surface area contributed by atoms with Gasteiger partial charge in [-0.15, -0.1) is 0 Å². The van der Waals surface area contributed by atoms with Gasteiger partial charge in [-0.2, -0.15) is 0 Å². The lowest BCUT2D eigenvalue weighted by Crippen LogP contribution is -2.15. The summed E-state index contributed by atoms with van der Waals surface area (Å²) in [6.45, 7) is 1.74. The van der Waals surface area contributed by atoms with E-state index in [1.165, 1.54) is 24.4 Å². The molecule has 0 saturated heterocycles. The molecule has 1 heterocycles. The Balaban J connectivity index is 1.84. The number of amides is 1. The molecule has 0 unspecified atom stereocenters. The van der Waals surface area contributed by atoms with Gasteiger partial charge < -0.3 is 5.32 Å². The Bertz CT molecular complexity index is 850. The standard InChI is InChI=1S/C18H14FN3O/c1-12-16(18(23)22-15-9-5-8-14(19)10-15)11-20-17(21-12)13-6-3-2-4-7-13/h2-11H,1H3,(H,22,23). The molecular weight excluding hydrogens is 293 g/mol. The number of aryl methyl sites for hydroxylation is 1. The highest BCUT2D eigenvalue weighted by atomic mass is 19.1. The smallest absolute Gasteiger partial charge is 0.259 e. The monoisotopic (exact) mass is 307 g/mol. The van der Waals surface area contributed by atoms with Crippen LogP contribution in [0.3, 0.4) is 0 Å². The fraction of sp³-hybridized carbons (Fsp3) is 0.0556. The Kier molecular flexibility index (Phi) is 4.10. The molecule has 0 radical (unpaired) electrons. The van der Waals surface area contributed by atoms with E-state index in [9.17, 15) is 9.18 Å². The van der Waals surface area contributed by atoms with Crippen LogP contribution in [0.15, 0.2) is 60.8 Å². The number of benzene rings is 2. The highest BCUT2D eigenvalue weighted by Gasteiger charge is 2.13. The fourth-order valence-electron chi connectivity index (χ4n) is 2.18. The molecule has 0 aliphatic heterocycles. The number of hydrogen-bond donors (Lipinski definition) is 1. The van der Waals surface area contributed by atoms with Crippen LogP contribution in [0.1, 0.15) is 16.1 Å². The summed E-state index contributed by atoms with van der Waals surface area (Å²) in [5.74, 6) is -0.215. The van der Waals surface area contributed by atoms with Gasteiger partial charge >= 0.3 is 0 Å². The van der Waals surface area contributed by atoms with Crippen LogP contribution in [0.25, 0.3) is 11.4 Å². The van der Waals surface area contributed by atoms with E-state index < -0.39 is 5.82 Å². The highest BCUT2D eigenvalue weighted by Crippen LogP contribution is 2.17. The molecule has 3 rings (SSSR count). The first-order valence-electron chi connectivity index (χ1n) is 7.09. The summed E-state index contributed by atoms with van der Waals surface area (Å²) in [6.07, 6.45) is 1.49. The minimum absolute atomic E-state index is 0.356. The van der Waals surface area contributed by atoms with Crippen LogP contribution in [0.4, 0.5) is 10.1 Å². The average molecular weight is 307 g/mol. The fourth-order valence-corrected chi connectivity index (χ4v) is 2.18. The molecule has 1 N–H and O–H groups in total. The molecule has 0 aliphatic rings. The van der Waals surface area contributed by atoms with Gasteiger partial charge in [0.15, 0.2) is 5.82 Å². The summed E-state index contributed by atoms with van der Waals surface area (Å²) in [5.41, 5.74) is 2.19. The SMILES string of the molecule is Cc1nc(-c2ccccc2)ncc1C(=O)Nc1cccc(F)c1. The first-order chi connectivity index (χ1) is 11.1. The van der Waals surface area contributed by atoms with E-state index in [-0.39, 0.29) is 5.91 Å². The van der Waals surface area contributed by atoms with Crippen LogP contribution in [0.5, 0.6) is 0 Å². The zero-order valence-corrected chi connectivity index (χ0v) is 12.5. The third-order valence-corrected chi connectivity index (χ3v) is 3.34. The van der Waals surface area contributed by atoms with Crippen molar-refractivity contribution in [3.8, 4) is 11.4 Å². The van der Waals surface area contributed by atoms with Crippen LogP contribution in [0, 0.1) is 12.7 Å². The number of rotatable bonds is 3. The van der Waals surface area contributed by atoms with E-state index in [1.54, 1.807) is 13.0 Å². The molecule has 0 atom stereocenters. The number of carbonyl (C=O) groups is 1. The minimum Gasteiger partial charge on any atom is -0.322 e. The summed E-state index contributed by atoms with van der Waals surface area (Å²) in [6, 6.07) is 15.3. The zero-order chi connectivity index (χ0) is 16.2. The summed E-state index contributed by atoms with van der Waals surface area (Å²) < 4.78 is 13.2. The van der Waals surface area contributed by atoms with Crippen LogP contribution >= 0.6 is 0 Å². The lowest BCUT2D eigenvalue weighted by Gasteiger charge is -2.08. The molecule has 0 fully saturated rings. The van der Waals surface area contributed by atoms with Crippen molar-refractivity contribution in [1.82, 2.24) is 9.97 Å². The maximum absolute atomic E-state index is 13.2. The van der Waals surface area contributed by atoms with E-state index in [0.717, 1.165) is 5.56 Å². The van der Waals surface area contributed by atoms with Crippen molar-refractivity contribution in [1.29, 1.82) is 0 Å². The zero-order valence-electron chi connectivity index (χ0n) is 12.5. The summed E-state index contributed by atoms with van der Waals surface area (Å²) in [4.78, 5) is 20.9. The third kappa shape index (κ3) is 3.40. The molecule has 3 aromatic rings. The van der Waals surface area contributed by atoms with Crippen molar-refractivity contribution in [2.24, 2.45) is 0 Å². The van der Waals surface area contributed by atoms with Crippen LogP contribution < -0.4 is 5.32 Å². The second kappa shape index (κ2) is 6.36. The average Bonchev–Trinajstić information content (AvgIpc) is 2.55. The molecule has 1 aromatic heterocycles. The van der Waals surface area contributed by atoms with Gasteiger partial charge in [0.25, 0.3) is 5.91 Å². The van der Waals surface area contributed by atoms with Gasteiger partial charge in [0.1, 0.15) is 5.82 Å². The van der Waals surface area contributed by atoms with Crippen molar-refractivity contribution < 1.29 is 9.18 Å². The molecule has 0 saturated carbocycles. The largest absolute Gasteiger partial charge is 0.322 e. The highest BCUT2D eigenvalue weighted by molar-refractivity contribution is 6.04. The lowest BCUT2D eigenvalue weighted by molar-refractivity contribution is 0.102. The number of anilines is 1. The van der Waals surface area contributed by atoms with E-state index in [1.807, 2.05) is 30.3 Å². The molecular formula is C18H14FN3O. The maximum atomic E-state index is 13.2. The van der Waals surface area contributed by atoms with Gasteiger partial charge in [0, 0.05) is 17.4 Å². The second-order valence-corrected chi connectivity index (χ2v) is 5.02. The van der Waals surface area contributed by atoms with Crippen molar-refractivity contribution >= 4 is 11.6 Å². The van der Waals surface area contributed by atoms with Crippen molar-refractivity contribution in [3.63, 3.8) is 0 Å².